The molecule has 164 valence electrons. The number of nitrogens with zero attached hydrogens (tertiary/aromatic N) is 2. The van der Waals surface area contributed by atoms with Crippen LogP contribution in [0.5, 0.6) is 5.75 Å². The van der Waals surface area contributed by atoms with Crippen molar-refractivity contribution in [1.29, 1.82) is 0 Å². The number of benzene rings is 2. The molecular formula is C25H31N3O3. The lowest BCUT2D eigenvalue weighted by Crippen LogP contribution is -2.40. The van der Waals surface area contributed by atoms with E-state index in [1.807, 2.05) is 24.3 Å². The monoisotopic (exact) mass is 421 g/mol. The molecule has 2 aliphatic heterocycles. The Morgan fingerprint density at radius 2 is 1.68 bits per heavy atom. The van der Waals surface area contributed by atoms with Gasteiger partial charge < -0.3 is 15.0 Å². The maximum Gasteiger partial charge on any atom is 0.251 e. The van der Waals surface area contributed by atoms with Gasteiger partial charge in [0.05, 0.1) is 13.2 Å². The van der Waals surface area contributed by atoms with Crippen LogP contribution in [0.4, 0.5) is 5.69 Å². The zero-order chi connectivity index (χ0) is 21.6. The van der Waals surface area contributed by atoms with Gasteiger partial charge in [-0.05, 0) is 74.3 Å². The van der Waals surface area contributed by atoms with Gasteiger partial charge in [-0.25, -0.2) is 0 Å². The maximum atomic E-state index is 12.8. The number of hydrogen-bond donors (Lipinski definition) is 1. The van der Waals surface area contributed by atoms with Gasteiger partial charge in [-0.15, -0.1) is 0 Å². The number of likely N-dealkylation sites (tertiary alicyclic amines) is 1. The summed E-state index contributed by atoms with van der Waals surface area (Å²) in [5.74, 6) is 0.901. The predicted octanol–water partition coefficient (Wildman–Crippen LogP) is 3.78. The fourth-order valence-electron chi connectivity index (χ4n) is 4.52. The van der Waals surface area contributed by atoms with Crippen LogP contribution >= 0.6 is 0 Å². The number of anilines is 1. The third kappa shape index (κ3) is 5.07. The van der Waals surface area contributed by atoms with E-state index in [-0.39, 0.29) is 17.9 Å². The molecule has 2 saturated heterocycles. The summed E-state index contributed by atoms with van der Waals surface area (Å²) in [6, 6.07) is 15.6. The number of carbonyl (C=O) groups is 2. The number of carbonyl (C=O) groups excluding carboxylic acids is 2. The molecule has 2 aromatic rings. The second kappa shape index (κ2) is 9.96. The van der Waals surface area contributed by atoms with Gasteiger partial charge in [0.1, 0.15) is 5.75 Å². The van der Waals surface area contributed by atoms with Crippen molar-refractivity contribution in [2.24, 2.45) is 0 Å². The van der Waals surface area contributed by atoms with Crippen molar-refractivity contribution in [3.05, 3.63) is 59.7 Å². The third-order valence-electron chi connectivity index (χ3n) is 6.30. The van der Waals surface area contributed by atoms with Gasteiger partial charge >= 0.3 is 0 Å². The summed E-state index contributed by atoms with van der Waals surface area (Å²) < 4.78 is 5.30. The van der Waals surface area contributed by atoms with Crippen LogP contribution in [0, 0.1) is 0 Å². The van der Waals surface area contributed by atoms with Crippen molar-refractivity contribution >= 4 is 17.5 Å². The lowest BCUT2D eigenvalue weighted by atomic mass is 10.0. The Balaban J connectivity index is 1.43. The molecule has 0 unspecified atom stereocenters. The fraction of sp³-hybridized carbons (Fsp3) is 0.440. The van der Waals surface area contributed by atoms with E-state index in [0.717, 1.165) is 37.5 Å². The van der Waals surface area contributed by atoms with Crippen molar-refractivity contribution in [3.63, 3.8) is 0 Å². The summed E-state index contributed by atoms with van der Waals surface area (Å²) in [7, 11) is 1.67. The Labute approximate surface area is 184 Å². The van der Waals surface area contributed by atoms with Crippen LogP contribution in [-0.4, -0.2) is 50.0 Å². The largest absolute Gasteiger partial charge is 0.497 e. The molecule has 2 aromatic carbocycles. The van der Waals surface area contributed by atoms with Crippen molar-refractivity contribution in [2.75, 3.05) is 38.2 Å². The number of ether oxygens (including phenoxy) is 1. The van der Waals surface area contributed by atoms with Gasteiger partial charge in [-0.1, -0.05) is 18.6 Å². The van der Waals surface area contributed by atoms with Crippen LogP contribution in [-0.2, 0) is 4.79 Å². The van der Waals surface area contributed by atoms with Gasteiger partial charge in [-0.3, -0.25) is 14.5 Å². The molecule has 1 N–H and O–H groups in total. The number of rotatable bonds is 7. The molecule has 2 amide bonds. The molecule has 0 saturated carbocycles. The normalized spacial score (nSPS) is 18.1. The summed E-state index contributed by atoms with van der Waals surface area (Å²) in [5, 5.41) is 3.13. The molecule has 2 aliphatic rings. The number of piperidine rings is 1. The molecule has 1 atom stereocenters. The van der Waals surface area contributed by atoms with Crippen LogP contribution in [0.25, 0.3) is 0 Å². The topological polar surface area (TPSA) is 61.9 Å². The molecular weight excluding hydrogens is 390 g/mol. The first-order chi connectivity index (χ1) is 15.2. The van der Waals surface area contributed by atoms with E-state index in [4.69, 9.17) is 4.74 Å². The minimum Gasteiger partial charge on any atom is -0.497 e. The minimum atomic E-state index is -0.0881. The molecule has 6 heteroatoms. The Bertz CT molecular complexity index is 889. The SMILES string of the molecule is COc1ccc([C@H](CNC(=O)c2ccc(N3CCCC3=O)cc2)N2CCCCC2)cc1. The zero-order valence-electron chi connectivity index (χ0n) is 18.2. The Morgan fingerprint density at radius 3 is 2.29 bits per heavy atom. The van der Waals surface area contributed by atoms with E-state index in [2.05, 4.69) is 22.3 Å². The van der Waals surface area contributed by atoms with Crippen LogP contribution in [0.2, 0.25) is 0 Å². The highest BCUT2D eigenvalue weighted by atomic mass is 16.5. The van der Waals surface area contributed by atoms with Crippen molar-refractivity contribution in [1.82, 2.24) is 10.2 Å². The van der Waals surface area contributed by atoms with E-state index >= 15 is 0 Å². The average molecular weight is 422 g/mol. The van der Waals surface area contributed by atoms with Crippen molar-refractivity contribution < 1.29 is 14.3 Å². The first kappa shape index (κ1) is 21.4. The molecule has 0 bridgehead atoms. The first-order valence-electron chi connectivity index (χ1n) is 11.2. The molecule has 6 nitrogen and oxygen atoms in total. The fourth-order valence-corrected chi connectivity index (χ4v) is 4.52. The standard InChI is InChI=1S/C25H31N3O3/c1-31-22-13-9-19(10-14-22)23(27-15-3-2-4-16-27)18-26-25(30)20-7-11-21(12-8-20)28-17-5-6-24(28)29/h7-14,23H,2-6,15-18H2,1H3,(H,26,30)/t23-/m0/s1. The quantitative estimate of drug-likeness (QED) is 0.739. The number of hydrogen-bond acceptors (Lipinski definition) is 4. The number of amides is 2. The van der Waals surface area contributed by atoms with E-state index in [1.165, 1.54) is 24.8 Å². The van der Waals surface area contributed by atoms with Crippen LogP contribution in [0.15, 0.2) is 48.5 Å². The number of methoxy groups -OCH3 is 1. The van der Waals surface area contributed by atoms with Gasteiger partial charge in [0.15, 0.2) is 0 Å². The Morgan fingerprint density at radius 1 is 0.968 bits per heavy atom. The molecule has 2 fully saturated rings. The van der Waals surface area contributed by atoms with Crippen molar-refractivity contribution in [3.8, 4) is 5.75 Å². The summed E-state index contributed by atoms with van der Waals surface area (Å²) in [6.07, 6.45) is 5.15. The number of nitrogens with one attached hydrogen (secondary N) is 1. The molecule has 4 rings (SSSR count). The van der Waals surface area contributed by atoms with E-state index < -0.39 is 0 Å². The molecule has 0 radical (unpaired) electrons. The van der Waals surface area contributed by atoms with Crippen molar-refractivity contribution in [2.45, 2.75) is 38.1 Å². The second-order valence-electron chi connectivity index (χ2n) is 8.29. The maximum absolute atomic E-state index is 12.8. The third-order valence-corrected chi connectivity index (χ3v) is 6.30. The summed E-state index contributed by atoms with van der Waals surface area (Å²) in [5.41, 5.74) is 2.66. The molecule has 2 heterocycles. The Hall–Kier alpha value is -2.86. The van der Waals surface area contributed by atoms with Crippen LogP contribution in [0.1, 0.15) is 54.1 Å². The van der Waals surface area contributed by atoms with Crippen LogP contribution < -0.4 is 15.0 Å². The summed E-state index contributed by atoms with van der Waals surface area (Å²) >= 11 is 0. The van der Waals surface area contributed by atoms with Gasteiger partial charge in [-0.2, -0.15) is 0 Å². The van der Waals surface area contributed by atoms with Gasteiger partial charge in [0.2, 0.25) is 5.91 Å². The minimum absolute atomic E-state index is 0.0881. The van der Waals surface area contributed by atoms with Gasteiger partial charge in [0.25, 0.3) is 5.91 Å². The van der Waals surface area contributed by atoms with E-state index in [1.54, 1.807) is 24.1 Å². The molecule has 31 heavy (non-hydrogen) atoms. The highest BCUT2D eigenvalue weighted by Crippen LogP contribution is 2.26. The Kier molecular flexibility index (Phi) is 6.87. The van der Waals surface area contributed by atoms with Gasteiger partial charge in [0, 0.05) is 30.8 Å². The summed E-state index contributed by atoms with van der Waals surface area (Å²) in [4.78, 5) is 29.0. The smallest absolute Gasteiger partial charge is 0.251 e. The lowest BCUT2D eigenvalue weighted by Gasteiger charge is -2.35. The highest BCUT2D eigenvalue weighted by molar-refractivity contribution is 5.97. The van der Waals surface area contributed by atoms with Crippen LogP contribution in [0.3, 0.4) is 0 Å². The van der Waals surface area contributed by atoms with E-state index in [9.17, 15) is 9.59 Å². The lowest BCUT2D eigenvalue weighted by molar-refractivity contribution is -0.117. The molecule has 0 spiro atoms. The molecule has 0 aliphatic carbocycles. The van der Waals surface area contributed by atoms with E-state index in [0.29, 0.717) is 18.5 Å². The first-order valence-corrected chi connectivity index (χ1v) is 11.2. The highest BCUT2D eigenvalue weighted by Gasteiger charge is 2.24. The molecule has 0 aromatic heterocycles. The second-order valence-corrected chi connectivity index (χ2v) is 8.29. The summed E-state index contributed by atoms with van der Waals surface area (Å²) in [6.45, 7) is 3.40. The zero-order valence-corrected chi connectivity index (χ0v) is 18.2. The average Bonchev–Trinajstić information content (AvgIpc) is 3.26. The predicted molar refractivity (Wildman–Crippen MR) is 122 cm³/mol.